The highest BCUT2D eigenvalue weighted by Crippen LogP contribution is 2.31. The molecule has 0 bridgehead atoms. The average Bonchev–Trinajstić information content (AvgIpc) is 2.74. The fourth-order valence-corrected chi connectivity index (χ4v) is 3.21. The molecular formula is C13H16N4S. The Morgan fingerprint density at radius 3 is 2.94 bits per heavy atom. The van der Waals surface area contributed by atoms with Gasteiger partial charge in [0.1, 0.15) is 5.82 Å². The predicted molar refractivity (Wildman–Crippen MR) is 73.5 cm³/mol. The molecule has 1 aliphatic heterocycles. The van der Waals surface area contributed by atoms with Crippen LogP contribution in [-0.2, 0) is 0 Å². The van der Waals surface area contributed by atoms with Crippen LogP contribution in [0.5, 0.6) is 0 Å². The summed E-state index contributed by atoms with van der Waals surface area (Å²) in [6.45, 7) is 6.26. The topological polar surface area (TPSA) is 42.7 Å². The van der Waals surface area contributed by atoms with E-state index in [-0.39, 0.29) is 0 Å². The number of aryl methyl sites for hydroxylation is 3. The smallest absolute Gasteiger partial charge is 0.210 e. The van der Waals surface area contributed by atoms with E-state index >= 15 is 0 Å². The van der Waals surface area contributed by atoms with Gasteiger partial charge >= 0.3 is 0 Å². The van der Waals surface area contributed by atoms with E-state index in [1.165, 1.54) is 16.7 Å². The molecule has 2 heterocycles. The van der Waals surface area contributed by atoms with Gasteiger partial charge in [0.25, 0.3) is 0 Å². The van der Waals surface area contributed by atoms with Crippen molar-refractivity contribution in [1.82, 2.24) is 14.9 Å². The molecule has 3 rings (SSSR count). The van der Waals surface area contributed by atoms with Crippen LogP contribution in [0.15, 0.2) is 23.4 Å². The van der Waals surface area contributed by atoms with Crippen molar-refractivity contribution >= 4 is 11.8 Å². The Labute approximate surface area is 111 Å². The lowest BCUT2D eigenvalue weighted by atomic mass is 10.0. The van der Waals surface area contributed by atoms with Gasteiger partial charge in [0.05, 0.1) is 6.04 Å². The Morgan fingerprint density at radius 1 is 1.28 bits per heavy atom. The lowest BCUT2D eigenvalue weighted by molar-refractivity contribution is 0.643. The summed E-state index contributed by atoms with van der Waals surface area (Å²) in [5.74, 6) is 1.90. The molecule has 0 saturated heterocycles. The van der Waals surface area contributed by atoms with Gasteiger partial charge in [0.2, 0.25) is 5.16 Å². The van der Waals surface area contributed by atoms with E-state index in [9.17, 15) is 0 Å². The Balaban J connectivity index is 1.96. The van der Waals surface area contributed by atoms with Crippen LogP contribution in [0.3, 0.4) is 0 Å². The van der Waals surface area contributed by atoms with Crippen molar-refractivity contribution in [3.05, 3.63) is 40.7 Å². The number of nitrogens with zero attached hydrogens (tertiary/aromatic N) is 3. The quantitative estimate of drug-likeness (QED) is 0.856. The molecule has 4 nitrogen and oxygen atoms in total. The molecule has 1 aliphatic rings. The Hall–Kier alpha value is -1.49. The van der Waals surface area contributed by atoms with Crippen molar-refractivity contribution in [3.63, 3.8) is 0 Å². The maximum absolute atomic E-state index is 4.14. The molecule has 0 amide bonds. The van der Waals surface area contributed by atoms with Crippen molar-refractivity contribution in [2.24, 2.45) is 0 Å². The second kappa shape index (κ2) is 4.31. The van der Waals surface area contributed by atoms with Crippen molar-refractivity contribution in [2.75, 3.05) is 11.2 Å². The predicted octanol–water partition coefficient (Wildman–Crippen LogP) is 2.59. The van der Waals surface area contributed by atoms with E-state index in [0.717, 1.165) is 16.7 Å². The van der Waals surface area contributed by atoms with E-state index in [1.807, 2.05) is 11.6 Å². The molecule has 1 atom stereocenters. The number of nitrogens with one attached hydrogen (secondary N) is 1. The first-order valence-corrected chi connectivity index (χ1v) is 7.02. The minimum atomic E-state index is 0.317. The normalized spacial score (nSPS) is 18.3. The minimum absolute atomic E-state index is 0.317. The van der Waals surface area contributed by atoms with Gasteiger partial charge in [0, 0.05) is 5.75 Å². The van der Waals surface area contributed by atoms with Crippen LogP contribution in [0.2, 0.25) is 0 Å². The number of thioether (sulfide) groups is 1. The van der Waals surface area contributed by atoms with Crippen LogP contribution < -0.4 is 5.43 Å². The highest BCUT2D eigenvalue weighted by Gasteiger charge is 2.23. The van der Waals surface area contributed by atoms with Gasteiger partial charge in [-0.1, -0.05) is 35.5 Å². The van der Waals surface area contributed by atoms with Crippen LogP contribution in [0.4, 0.5) is 0 Å². The summed E-state index contributed by atoms with van der Waals surface area (Å²) < 4.78 is 1.99. The summed E-state index contributed by atoms with van der Waals surface area (Å²) in [7, 11) is 0. The third kappa shape index (κ3) is 1.88. The average molecular weight is 260 g/mol. The Morgan fingerprint density at radius 2 is 2.11 bits per heavy atom. The van der Waals surface area contributed by atoms with Gasteiger partial charge in [-0.05, 0) is 31.9 Å². The van der Waals surface area contributed by atoms with Crippen molar-refractivity contribution < 1.29 is 0 Å². The van der Waals surface area contributed by atoms with Gasteiger partial charge in [0.15, 0.2) is 0 Å². The summed E-state index contributed by atoms with van der Waals surface area (Å²) in [4.78, 5) is 0. The summed E-state index contributed by atoms with van der Waals surface area (Å²) in [6.07, 6.45) is 0. The summed E-state index contributed by atoms with van der Waals surface area (Å²) in [5, 5.41) is 9.19. The molecule has 94 valence electrons. The molecule has 5 heteroatoms. The summed E-state index contributed by atoms with van der Waals surface area (Å²) in [5.41, 5.74) is 7.49. The molecule has 0 saturated carbocycles. The first-order valence-electron chi connectivity index (χ1n) is 6.03. The maximum atomic E-state index is 4.14. The first kappa shape index (κ1) is 11.6. The second-order valence-electron chi connectivity index (χ2n) is 4.72. The van der Waals surface area contributed by atoms with E-state index in [2.05, 4.69) is 47.7 Å². The van der Waals surface area contributed by atoms with Crippen molar-refractivity contribution in [1.29, 1.82) is 0 Å². The number of aromatic nitrogens is 3. The van der Waals surface area contributed by atoms with Crippen LogP contribution in [0.1, 0.15) is 28.6 Å². The second-order valence-corrected chi connectivity index (χ2v) is 5.71. The van der Waals surface area contributed by atoms with Crippen LogP contribution in [0.25, 0.3) is 0 Å². The van der Waals surface area contributed by atoms with E-state index < -0.39 is 0 Å². The number of rotatable bonds is 1. The molecule has 1 aromatic heterocycles. The highest BCUT2D eigenvalue weighted by atomic mass is 32.2. The van der Waals surface area contributed by atoms with Gasteiger partial charge in [-0.3, -0.25) is 0 Å². The van der Waals surface area contributed by atoms with Gasteiger partial charge in [-0.15, -0.1) is 10.2 Å². The third-order valence-electron chi connectivity index (χ3n) is 3.27. The lowest BCUT2D eigenvalue weighted by Crippen LogP contribution is -2.29. The molecule has 1 unspecified atom stereocenters. The standard InChI is InChI=1S/C13H16N4S/c1-8-4-5-9(2)11(6-8)12-7-18-13-15-14-10(3)17(13)16-12/h4-6,12,16H,7H2,1-3H3. The number of hydrogen-bond donors (Lipinski definition) is 1. The molecule has 18 heavy (non-hydrogen) atoms. The highest BCUT2D eigenvalue weighted by molar-refractivity contribution is 7.99. The largest absolute Gasteiger partial charge is 0.314 e. The van der Waals surface area contributed by atoms with Crippen LogP contribution >= 0.6 is 11.8 Å². The number of hydrogen-bond acceptors (Lipinski definition) is 4. The molecule has 0 spiro atoms. The van der Waals surface area contributed by atoms with Crippen molar-refractivity contribution in [3.8, 4) is 0 Å². The Bertz CT molecular complexity index is 591. The molecule has 0 aliphatic carbocycles. The summed E-state index contributed by atoms with van der Waals surface area (Å²) >= 11 is 1.75. The van der Waals surface area contributed by atoms with Gasteiger partial charge in [-0.2, -0.15) is 0 Å². The zero-order valence-corrected chi connectivity index (χ0v) is 11.6. The molecule has 1 aromatic carbocycles. The zero-order chi connectivity index (χ0) is 12.7. The van der Waals surface area contributed by atoms with Gasteiger partial charge in [-0.25, -0.2) is 4.68 Å². The lowest BCUT2D eigenvalue weighted by Gasteiger charge is -2.27. The summed E-state index contributed by atoms with van der Waals surface area (Å²) in [6, 6.07) is 6.92. The van der Waals surface area contributed by atoms with Crippen LogP contribution in [0, 0.1) is 20.8 Å². The fourth-order valence-electron chi connectivity index (χ4n) is 2.23. The molecule has 2 aromatic rings. The third-order valence-corrected chi connectivity index (χ3v) is 4.29. The van der Waals surface area contributed by atoms with E-state index in [1.54, 1.807) is 11.8 Å². The van der Waals surface area contributed by atoms with E-state index in [4.69, 9.17) is 0 Å². The number of benzene rings is 1. The van der Waals surface area contributed by atoms with Crippen molar-refractivity contribution in [2.45, 2.75) is 32.0 Å². The number of fused-ring (bicyclic) bond motifs is 1. The monoisotopic (exact) mass is 260 g/mol. The first-order chi connectivity index (χ1) is 8.65. The Kier molecular flexibility index (Phi) is 2.78. The van der Waals surface area contributed by atoms with Crippen LogP contribution in [-0.4, -0.2) is 20.6 Å². The fraction of sp³-hybridized carbons (Fsp3) is 0.385. The molecule has 0 fully saturated rings. The SMILES string of the molecule is Cc1ccc(C)c(C2CSc3nnc(C)n3N2)c1. The maximum Gasteiger partial charge on any atom is 0.210 e. The molecule has 0 radical (unpaired) electrons. The van der Waals surface area contributed by atoms with Gasteiger partial charge < -0.3 is 5.43 Å². The zero-order valence-electron chi connectivity index (χ0n) is 10.8. The molecular weight excluding hydrogens is 244 g/mol. The molecule has 1 N–H and O–H groups in total. The van der Waals surface area contributed by atoms with E-state index in [0.29, 0.717) is 6.04 Å². The minimum Gasteiger partial charge on any atom is -0.314 e.